The highest BCUT2D eigenvalue weighted by Crippen LogP contribution is 2.28. The van der Waals surface area contributed by atoms with Crippen molar-refractivity contribution in [3.05, 3.63) is 52.8 Å². The summed E-state index contributed by atoms with van der Waals surface area (Å²) in [4.78, 5) is 12.4. The molecule has 2 aromatic carbocycles. The Labute approximate surface area is 128 Å². The van der Waals surface area contributed by atoms with E-state index in [2.05, 4.69) is 5.32 Å². The molecule has 0 unspecified atom stereocenters. The summed E-state index contributed by atoms with van der Waals surface area (Å²) in [5.41, 5.74) is 2.20. The highest BCUT2D eigenvalue weighted by Gasteiger charge is 2.18. The van der Waals surface area contributed by atoms with Gasteiger partial charge in [-0.3, -0.25) is 4.79 Å². The Balaban J connectivity index is 2.36. The summed E-state index contributed by atoms with van der Waals surface area (Å²) in [6.45, 7) is 3.72. The second-order valence-electron chi connectivity index (χ2n) is 4.91. The van der Waals surface area contributed by atoms with Crippen LogP contribution in [0.4, 0.5) is 10.1 Å². The molecule has 0 fully saturated rings. The molecule has 0 aromatic heterocycles. The maximum Gasteiger partial charge on any atom is 0.262 e. The van der Waals surface area contributed by atoms with Crippen molar-refractivity contribution in [2.24, 2.45) is 0 Å². The van der Waals surface area contributed by atoms with Crippen molar-refractivity contribution >= 4 is 11.6 Å². The van der Waals surface area contributed by atoms with Crippen LogP contribution in [0.3, 0.4) is 0 Å². The van der Waals surface area contributed by atoms with E-state index < -0.39 is 11.7 Å². The van der Waals surface area contributed by atoms with Gasteiger partial charge in [-0.15, -0.1) is 0 Å². The molecule has 0 saturated heterocycles. The van der Waals surface area contributed by atoms with Crippen LogP contribution >= 0.6 is 0 Å². The van der Waals surface area contributed by atoms with Gasteiger partial charge in [0.05, 0.1) is 14.2 Å². The van der Waals surface area contributed by atoms with Crippen molar-refractivity contribution in [2.75, 3.05) is 19.5 Å². The number of amides is 1. The number of anilines is 1. The van der Waals surface area contributed by atoms with Gasteiger partial charge in [0, 0.05) is 5.69 Å². The first kappa shape index (κ1) is 15.8. The van der Waals surface area contributed by atoms with Gasteiger partial charge in [0.1, 0.15) is 22.9 Å². The summed E-state index contributed by atoms with van der Waals surface area (Å²) >= 11 is 0. The van der Waals surface area contributed by atoms with Gasteiger partial charge in [0.25, 0.3) is 5.91 Å². The molecule has 1 amide bonds. The first-order valence-corrected chi connectivity index (χ1v) is 6.77. The van der Waals surface area contributed by atoms with E-state index in [1.807, 2.05) is 19.9 Å². The van der Waals surface area contributed by atoms with Crippen LogP contribution in [0.25, 0.3) is 0 Å². The van der Waals surface area contributed by atoms with Gasteiger partial charge in [-0.25, -0.2) is 4.39 Å². The summed E-state index contributed by atoms with van der Waals surface area (Å²) in [5.74, 6) is -0.248. The molecule has 0 radical (unpaired) electrons. The van der Waals surface area contributed by atoms with Gasteiger partial charge in [0.15, 0.2) is 0 Å². The van der Waals surface area contributed by atoms with Crippen LogP contribution in [-0.4, -0.2) is 20.1 Å². The normalized spacial score (nSPS) is 10.2. The van der Waals surface area contributed by atoms with Gasteiger partial charge in [0.2, 0.25) is 0 Å². The number of hydrogen-bond acceptors (Lipinski definition) is 3. The predicted molar refractivity (Wildman–Crippen MR) is 83.4 cm³/mol. The Kier molecular flexibility index (Phi) is 4.65. The van der Waals surface area contributed by atoms with E-state index in [0.29, 0.717) is 5.69 Å². The van der Waals surface area contributed by atoms with Crippen molar-refractivity contribution in [2.45, 2.75) is 13.8 Å². The average Bonchev–Trinajstić information content (AvgIpc) is 2.49. The molecule has 5 heteroatoms. The smallest absolute Gasteiger partial charge is 0.262 e. The Hall–Kier alpha value is -2.56. The molecule has 1 N–H and O–H groups in total. The second kappa shape index (κ2) is 6.47. The highest BCUT2D eigenvalue weighted by atomic mass is 19.1. The molecule has 22 heavy (non-hydrogen) atoms. The van der Waals surface area contributed by atoms with E-state index in [0.717, 1.165) is 16.9 Å². The summed E-state index contributed by atoms with van der Waals surface area (Å²) in [5, 5.41) is 2.72. The molecule has 0 spiro atoms. The Bertz CT molecular complexity index is 713. The van der Waals surface area contributed by atoms with Crippen molar-refractivity contribution in [3.8, 4) is 11.5 Å². The number of methoxy groups -OCH3 is 2. The fraction of sp³-hybridized carbons (Fsp3) is 0.235. The van der Waals surface area contributed by atoms with Gasteiger partial charge in [-0.2, -0.15) is 0 Å². The molecule has 0 heterocycles. The predicted octanol–water partition coefficient (Wildman–Crippen LogP) is 3.71. The zero-order valence-electron chi connectivity index (χ0n) is 13.0. The van der Waals surface area contributed by atoms with E-state index in [-0.39, 0.29) is 11.3 Å². The SMILES string of the molecule is COc1cc(C)c(NC(=O)c2c(F)cccc2OC)cc1C. The minimum Gasteiger partial charge on any atom is -0.496 e. The van der Waals surface area contributed by atoms with Crippen LogP contribution in [0.1, 0.15) is 21.5 Å². The summed E-state index contributed by atoms with van der Waals surface area (Å²) in [6, 6.07) is 7.88. The zero-order chi connectivity index (χ0) is 16.3. The standard InChI is InChI=1S/C17H18FNO3/c1-10-9-15(22-4)11(2)8-13(10)19-17(20)16-12(18)6-5-7-14(16)21-3/h5-9H,1-4H3,(H,19,20). The lowest BCUT2D eigenvalue weighted by Gasteiger charge is -2.14. The molecule has 0 aliphatic rings. The molecule has 0 saturated carbocycles. The Morgan fingerprint density at radius 2 is 1.73 bits per heavy atom. The number of hydrogen-bond donors (Lipinski definition) is 1. The molecule has 0 atom stereocenters. The van der Waals surface area contributed by atoms with Crippen molar-refractivity contribution < 1.29 is 18.7 Å². The molecule has 116 valence electrons. The first-order valence-electron chi connectivity index (χ1n) is 6.77. The lowest BCUT2D eigenvalue weighted by molar-refractivity contribution is 0.102. The van der Waals surface area contributed by atoms with E-state index in [9.17, 15) is 9.18 Å². The van der Waals surface area contributed by atoms with Crippen LogP contribution in [0.15, 0.2) is 30.3 Å². The average molecular weight is 303 g/mol. The van der Waals surface area contributed by atoms with Crippen LogP contribution < -0.4 is 14.8 Å². The number of halogens is 1. The van der Waals surface area contributed by atoms with E-state index in [1.54, 1.807) is 19.2 Å². The quantitative estimate of drug-likeness (QED) is 0.936. The minimum atomic E-state index is -0.625. The molecular weight excluding hydrogens is 285 g/mol. The molecule has 2 aromatic rings. The first-order chi connectivity index (χ1) is 10.5. The van der Waals surface area contributed by atoms with Gasteiger partial charge in [-0.1, -0.05) is 6.07 Å². The number of ether oxygens (including phenoxy) is 2. The van der Waals surface area contributed by atoms with Crippen LogP contribution in [0, 0.1) is 19.7 Å². The molecule has 4 nitrogen and oxygen atoms in total. The number of rotatable bonds is 4. The van der Waals surface area contributed by atoms with E-state index in [1.165, 1.54) is 19.2 Å². The van der Waals surface area contributed by atoms with E-state index in [4.69, 9.17) is 9.47 Å². The lowest BCUT2D eigenvalue weighted by Crippen LogP contribution is -2.16. The van der Waals surface area contributed by atoms with Crippen molar-refractivity contribution in [1.29, 1.82) is 0 Å². The molecule has 0 bridgehead atoms. The van der Waals surface area contributed by atoms with Crippen molar-refractivity contribution in [1.82, 2.24) is 0 Å². The maximum absolute atomic E-state index is 13.9. The third-order valence-electron chi connectivity index (χ3n) is 3.41. The number of benzene rings is 2. The van der Waals surface area contributed by atoms with Crippen LogP contribution in [0.5, 0.6) is 11.5 Å². The summed E-state index contributed by atoms with van der Waals surface area (Å²) in [6.07, 6.45) is 0. The summed E-state index contributed by atoms with van der Waals surface area (Å²) in [7, 11) is 2.98. The fourth-order valence-electron chi connectivity index (χ4n) is 2.22. The van der Waals surface area contributed by atoms with Gasteiger partial charge >= 0.3 is 0 Å². The van der Waals surface area contributed by atoms with Crippen LogP contribution in [-0.2, 0) is 0 Å². The number of nitrogens with one attached hydrogen (secondary N) is 1. The maximum atomic E-state index is 13.9. The lowest BCUT2D eigenvalue weighted by atomic mass is 10.1. The molecule has 2 rings (SSSR count). The molecule has 0 aliphatic heterocycles. The Morgan fingerprint density at radius 1 is 1.05 bits per heavy atom. The number of aryl methyl sites for hydroxylation is 2. The molecular formula is C17H18FNO3. The largest absolute Gasteiger partial charge is 0.496 e. The molecule has 0 aliphatic carbocycles. The van der Waals surface area contributed by atoms with Gasteiger partial charge in [-0.05, 0) is 49.2 Å². The number of carbonyl (C=O) groups is 1. The van der Waals surface area contributed by atoms with Crippen molar-refractivity contribution in [3.63, 3.8) is 0 Å². The van der Waals surface area contributed by atoms with Gasteiger partial charge < -0.3 is 14.8 Å². The monoisotopic (exact) mass is 303 g/mol. The highest BCUT2D eigenvalue weighted by molar-refractivity contribution is 6.06. The Morgan fingerprint density at radius 3 is 2.36 bits per heavy atom. The zero-order valence-corrected chi connectivity index (χ0v) is 13.0. The van der Waals surface area contributed by atoms with Crippen LogP contribution in [0.2, 0.25) is 0 Å². The third-order valence-corrected chi connectivity index (χ3v) is 3.41. The van der Waals surface area contributed by atoms with E-state index >= 15 is 0 Å². The minimum absolute atomic E-state index is 0.113. The topological polar surface area (TPSA) is 47.6 Å². The second-order valence-corrected chi connectivity index (χ2v) is 4.91. The third kappa shape index (κ3) is 3.03. The fourth-order valence-corrected chi connectivity index (χ4v) is 2.22. The number of carbonyl (C=O) groups excluding carboxylic acids is 1. The summed E-state index contributed by atoms with van der Waals surface area (Å²) < 4.78 is 24.2.